The van der Waals surface area contributed by atoms with E-state index in [1.807, 2.05) is 0 Å². The zero-order chi connectivity index (χ0) is 28.9. The first-order chi connectivity index (χ1) is 17.0. The third kappa shape index (κ3) is 3.84. The Kier molecular flexibility index (Phi) is 6.27. The molecule has 5 nitrogen and oxygen atoms in total. The van der Waals surface area contributed by atoms with E-state index in [1.54, 1.807) is 0 Å². The van der Waals surface area contributed by atoms with Gasteiger partial charge in [-0.3, -0.25) is 0 Å². The lowest BCUT2D eigenvalue weighted by Crippen LogP contribution is -2.80. The van der Waals surface area contributed by atoms with Crippen LogP contribution in [0.15, 0.2) is 12.2 Å². The fourth-order valence-electron chi connectivity index (χ4n) is 6.59. The molecule has 0 saturated heterocycles. The van der Waals surface area contributed by atoms with E-state index in [9.17, 15) is 53.5 Å². The fourth-order valence-corrected chi connectivity index (χ4v) is 6.59. The maximum atomic E-state index is 14.1. The van der Waals surface area contributed by atoms with Crippen LogP contribution in [0, 0.1) is 11.8 Å². The standard InChI is InChI=1S/C23H24F10O5/c1-10(2)14(34)38-18-7-12-4-13(8-18)6-17(5-12,9-18)37-11(3)15(35)36-16-19(24,25)21(28,29)23(32,33)22(30,31)20(16,26)27/h11-13,16H,1,4-9H2,2-3H3. The minimum absolute atomic E-state index is 0.0156. The summed E-state index contributed by atoms with van der Waals surface area (Å²) in [5, 5.41) is 0. The molecular formula is C23H24F10O5. The van der Waals surface area contributed by atoms with Crippen molar-refractivity contribution in [3.8, 4) is 0 Å². The molecule has 0 aromatic rings. The van der Waals surface area contributed by atoms with Gasteiger partial charge >= 0.3 is 41.6 Å². The molecule has 0 heterocycles. The van der Waals surface area contributed by atoms with Gasteiger partial charge in [-0.05, 0) is 57.8 Å². The van der Waals surface area contributed by atoms with Gasteiger partial charge in [0, 0.05) is 12.0 Å². The van der Waals surface area contributed by atoms with E-state index >= 15 is 0 Å². The number of ether oxygens (including phenoxy) is 3. The van der Waals surface area contributed by atoms with Gasteiger partial charge in [0.05, 0.1) is 5.60 Å². The lowest BCUT2D eigenvalue weighted by Gasteiger charge is -2.61. The molecule has 0 radical (unpaired) electrons. The zero-order valence-corrected chi connectivity index (χ0v) is 20.1. The van der Waals surface area contributed by atoms with E-state index in [0.717, 1.165) is 13.3 Å². The Morgan fingerprint density at radius 1 is 0.789 bits per heavy atom. The number of hydrogen-bond acceptors (Lipinski definition) is 5. The molecule has 0 amide bonds. The molecule has 5 aliphatic rings. The summed E-state index contributed by atoms with van der Waals surface area (Å²) in [5.74, 6) is -37.2. The van der Waals surface area contributed by atoms with Crippen molar-refractivity contribution in [2.45, 2.75) is 105 Å². The molecule has 0 aliphatic heterocycles. The zero-order valence-electron chi connectivity index (χ0n) is 20.1. The van der Waals surface area contributed by atoms with Crippen molar-refractivity contribution in [3.05, 3.63) is 12.2 Å². The van der Waals surface area contributed by atoms with Gasteiger partial charge in [-0.2, -0.15) is 43.9 Å². The SMILES string of the molecule is C=C(C)C(=O)OC12CC3CC(C1)CC(OC(C)C(=O)OC1C(F)(F)C(F)(F)C(F)(F)C(F)(F)C1(F)F)(C3)C2. The lowest BCUT2D eigenvalue weighted by molar-refractivity contribution is -0.469. The van der Waals surface area contributed by atoms with E-state index in [4.69, 9.17) is 9.47 Å². The summed E-state index contributed by atoms with van der Waals surface area (Å²) in [5.41, 5.74) is -2.15. The van der Waals surface area contributed by atoms with Gasteiger partial charge in [0.15, 0.2) is 6.10 Å². The summed E-state index contributed by atoms with van der Waals surface area (Å²) < 4.78 is 153. The van der Waals surface area contributed by atoms with Crippen LogP contribution in [0.1, 0.15) is 52.4 Å². The molecule has 0 N–H and O–H groups in total. The van der Waals surface area contributed by atoms with Crippen molar-refractivity contribution in [2.75, 3.05) is 0 Å². The van der Waals surface area contributed by atoms with Crippen molar-refractivity contribution >= 4 is 11.9 Å². The van der Waals surface area contributed by atoms with E-state index in [1.165, 1.54) is 6.92 Å². The third-order valence-electron chi connectivity index (χ3n) is 7.89. The molecule has 15 heteroatoms. The summed E-state index contributed by atoms with van der Waals surface area (Å²) in [7, 11) is 0. The highest BCUT2D eigenvalue weighted by atomic mass is 19.4. The molecule has 3 unspecified atom stereocenters. The average molecular weight is 570 g/mol. The summed E-state index contributed by atoms with van der Waals surface area (Å²) in [6.45, 7) is 5.76. The van der Waals surface area contributed by atoms with Crippen LogP contribution < -0.4 is 0 Å². The van der Waals surface area contributed by atoms with Crippen LogP contribution in [0.4, 0.5) is 43.9 Å². The topological polar surface area (TPSA) is 61.8 Å². The Morgan fingerprint density at radius 2 is 1.24 bits per heavy atom. The average Bonchev–Trinajstić information content (AvgIpc) is 2.73. The molecule has 4 bridgehead atoms. The molecule has 38 heavy (non-hydrogen) atoms. The van der Waals surface area contributed by atoms with Crippen molar-refractivity contribution in [1.29, 1.82) is 0 Å². The normalized spacial score (nSPS) is 38.3. The van der Waals surface area contributed by atoms with Gasteiger partial charge in [0.25, 0.3) is 0 Å². The van der Waals surface area contributed by atoms with E-state index in [2.05, 4.69) is 11.3 Å². The lowest BCUT2D eigenvalue weighted by atomic mass is 9.52. The number of alkyl halides is 10. The quantitative estimate of drug-likeness (QED) is 0.233. The van der Waals surface area contributed by atoms with Gasteiger partial charge in [-0.1, -0.05) is 6.58 Å². The van der Waals surface area contributed by atoms with Crippen molar-refractivity contribution in [1.82, 2.24) is 0 Å². The van der Waals surface area contributed by atoms with Crippen LogP contribution in [0.25, 0.3) is 0 Å². The number of hydrogen-bond donors (Lipinski definition) is 0. The second-order valence-electron chi connectivity index (χ2n) is 11.0. The van der Waals surface area contributed by atoms with Crippen molar-refractivity contribution in [2.24, 2.45) is 11.8 Å². The van der Waals surface area contributed by atoms with Crippen molar-refractivity contribution < 1.29 is 67.7 Å². The van der Waals surface area contributed by atoms with Crippen LogP contribution in [-0.2, 0) is 23.8 Å². The first-order valence-electron chi connectivity index (χ1n) is 11.7. The minimum Gasteiger partial charge on any atom is -0.456 e. The molecule has 5 fully saturated rings. The molecule has 5 rings (SSSR count). The number of carbonyl (C=O) groups excluding carboxylic acids is 2. The molecule has 5 aliphatic carbocycles. The summed E-state index contributed by atoms with van der Waals surface area (Å²) >= 11 is 0. The van der Waals surface area contributed by atoms with Crippen LogP contribution >= 0.6 is 0 Å². The summed E-state index contributed by atoms with van der Waals surface area (Å²) in [6.07, 6.45) is -4.75. The number of esters is 2. The van der Waals surface area contributed by atoms with Gasteiger partial charge < -0.3 is 14.2 Å². The second kappa shape index (κ2) is 8.23. The smallest absolute Gasteiger partial charge is 0.384 e. The van der Waals surface area contributed by atoms with Gasteiger partial charge in [0.2, 0.25) is 6.10 Å². The largest absolute Gasteiger partial charge is 0.456 e. The fraction of sp³-hybridized carbons (Fsp3) is 0.826. The van der Waals surface area contributed by atoms with Gasteiger partial charge in [0.1, 0.15) is 5.60 Å². The Balaban J connectivity index is 1.55. The van der Waals surface area contributed by atoms with E-state index in [-0.39, 0.29) is 36.7 Å². The highest BCUT2D eigenvalue weighted by Crippen LogP contribution is 2.65. The maximum absolute atomic E-state index is 14.1. The number of rotatable bonds is 6. The highest BCUT2D eigenvalue weighted by molar-refractivity contribution is 5.87. The molecule has 3 atom stereocenters. The molecule has 0 aromatic carbocycles. The van der Waals surface area contributed by atoms with Crippen LogP contribution in [0.3, 0.4) is 0 Å². The summed E-state index contributed by atoms with van der Waals surface area (Å²) in [6, 6.07) is 0. The summed E-state index contributed by atoms with van der Waals surface area (Å²) in [4.78, 5) is 24.7. The first kappa shape index (κ1) is 28.9. The maximum Gasteiger partial charge on any atom is 0.384 e. The van der Waals surface area contributed by atoms with Crippen LogP contribution in [0.2, 0.25) is 0 Å². The Bertz CT molecular complexity index is 998. The van der Waals surface area contributed by atoms with Crippen molar-refractivity contribution in [3.63, 3.8) is 0 Å². The van der Waals surface area contributed by atoms with E-state index < -0.39 is 65.0 Å². The molecule has 0 aromatic heterocycles. The first-order valence-corrected chi connectivity index (χ1v) is 11.7. The van der Waals surface area contributed by atoms with Crippen LogP contribution in [0.5, 0.6) is 0 Å². The monoisotopic (exact) mass is 570 g/mol. The molecule has 5 saturated carbocycles. The molecule has 0 spiro atoms. The molecule has 216 valence electrons. The Hall–Kier alpha value is -2.06. The predicted molar refractivity (Wildman–Crippen MR) is 106 cm³/mol. The number of carbonyl (C=O) groups is 2. The van der Waals surface area contributed by atoms with E-state index in [0.29, 0.717) is 12.8 Å². The highest BCUT2D eigenvalue weighted by Gasteiger charge is 2.96. The molecular weight excluding hydrogens is 546 g/mol. The Labute approximate surface area is 209 Å². The van der Waals surface area contributed by atoms with Gasteiger partial charge in [-0.25, -0.2) is 9.59 Å². The van der Waals surface area contributed by atoms with Gasteiger partial charge in [-0.15, -0.1) is 0 Å². The second-order valence-corrected chi connectivity index (χ2v) is 11.0. The number of halogens is 10. The minimum atomic E-state index is -7.16. The third-order valence-corrected chi connectivity index (χ3v) is 7.89. The Morgan fingerprint density at radius 3 is 1.68 bits per heavy atom. The van der Waals surface area contributed by atoms with Crippen LogP contribution in [-0.4, -0.2) is 65.0 Å². The predicted octanol–water partition coefficient (Wildman–Crippen LogP) is 5.70.